The number of rotatable bonds is 7. The Bertz CT molecular complexity index is 950. The lowest BCUT2D eigenvalue weighted by molar-refractivity contribution is 0.0691. The van der Waals surface area contributed by atoms with E-state index >= 15 is 0 Å². The number of hydrogen-bond donors (Lipinski definition) is 1. The van der Waals surface area contributed by atoms with Gasteiger partial charge >= 0.3 is 5.97 Å². The lowest BCUT2D eigenvalue weighted by atomic mass is 9.97. The van der Waals surface area contributed by atoms with Crippen molar-refractivity contribution in [2.75, 3.05) is 20.1 Å². The van der Waals surface area contributed by atoms with Gasteiger partial charge in [-0.05, 0) is 42.0 Å². The Morgan fingerprint density at radius 2 is 1.93 bits per heavy atom. The van der Waals surface area contributed by atoms with Crippen LogP contribution >= 0.6 is 0 Å². The molecule has 8 heteroatoms. The Morgan fingerprint density at radius 1 is 1.21 bits per heavy atom. The summed E-state index contributed by atoms with van der Waals surface area (Å²) in [5.41, 5.74) is 1.25. The quantitative estimate of drug-likeness (QED) is 0.767. The molecule has 0 aliphatic carbocycles. The molecular weight excluding hydrogens is 383 g/mol. The molecule has 1 aliphatic heterocycles. The molecule has 1 N–H and O–H groups in total. The van der Waals surface area contributed by atoms with Crippen LogP contribution in [-0.4, -0.2) is 48.2 Å². The molecule has 3 rings (SSSR count). The number of aromatic carboxylic acids is 1. The normalized spacial score (nSPS) is 17.9. The van der Waals surface area contributed by atoms with Crippen molar-refractivity contribution in [1.82, 2.24) is 8.61 Å². The summed E-state index contributed by atoms with van der Waals surface area (Å²) in [5, 5.41) is 9.05. The van der Waals surface area contributed by atoms with Crippen molar-refractivity contribution in [3.05, 3.63) is 71.0 Å². The molecular formula is C20H23FN2O4S. The maximum atomic E-state index is 13.5. The van der Waals surface area contributed by atoms with Gasteiger partial charge in [-0.3, -0.25) is 0 Å². The third kappa shape index (κ3) is 4.57. The van der Waals surface area contributed by atoms with Crippen molar-refractivity contribution in [3.8, 4) is 0 Å². The molecule has 1 aliphatic rings. The lowest BCUT2D eigenvalue weighted by Crippen LogP contribution is -2.40. The van der Waals surface area contributed by atoms with Crippen LogP contribution in [0.1, 0.15) is 27.9 Å². The summed E-state index contributed by atoms with van der Waals surface area (Å²) in [6.45, 7) is 1.07. The van der Waals surface area contributed by atoms with E-state index in [1.807, 2.05) is 30.3 Å². The molecule has 2 aromatic carbocycles. The van der Waals surface area contributed by atoms with Gasteiger partial charge in [-0.2, -0.15) is 17.0 Å². The SMILES string of the molecule is CN(Cc1ccccc1)S(=O)(=O)N1CCC(Cc2ccc(F)c(C(=O)O)c2)C1. The van der Waals surface area contributed by atoms with Gasteiger partial charge in [-0.25, -0.2) is 9.18 Å². The average molecular weight is 406 g/mol. The van der Waals surface area contributed by atoms with Crippen molar-refractivity contribution in [3.63, 3.8) is 0 Å². The Balaban J connectivity index is 1.64. The standard InChI is InChI=1S/C20H23FN2O4S/c1-22(13-15-5-3-2-4-6-15)28(26,27)23-10-9-17(14-23)11-16-7-8-19(21)18(12-16)20(24)25/h2-8,12,17H,9-11,13-14H2,1H3,(H,24,25). The lowest BCUT2D eigenvalue weighted by Gasteiger charge is -2.24. The molecule has 0 amide bonds. The van der Waals surface area contributed by atoms with E-state index < -0.39 is 22.0 Å². The monoisotopic (exact) mass is 406 g/mol. The maximum Gasteiger partial charge on any atom is 0.338 e. The number of nitrogens with zero attached hydrogens (tertiary/aromatic N) is 2. The van der Waals surface area contributed by atoms with Crippen LogP contribution in [0.25, 0.3) is 0 Å². The summed E-state index contributed by atoms with van der Waals surface area (Å²) >= 11 is 0. The van der Waals surface area contributed by atoms with Crippen LogP contribution in [0.2, 0.25) is 0 Å². The third-order valence-corrected chi connectivity index (χ3v) is 6.90. The van der Waals surface area contributed by atoms with E-state index in [2.05, 4.69) is 0 Å². The molecule has 28 heavy (non-hydrogen) atoms. The van der Waals surface area contributed by atoms with Crippen LogP contribution in [-0.2, 0) is 23.2 Å². The molecule has 1 heterocycles. The molecule has 1 fully saturated rings. The van der Waals surface area contributed by atoms with Crippen LogP contribution in [0.3, 0.4) is 0 Å². The van der Waals surface area contributed by atoms with Crippen LogP contribution in [0.15, 0.2) is 48.5 Å². The highest BCUT2D eigenvalue weighted by atomic mass is 32.2. The predicted molar refractivity (Wildman–Crippen MR) is 104 cm³/mol. The van der Waals surface area contributed by atoms with Crippen molar-refractivity contribution in [2.45, 2.75) is 19.4 Å². The number of benzene rings is 2. The zero-order valence-corrected chi connectivity index (χ0v) is 16.4. The number of carboxylic acid groups (broad SMARTS) is 1. The summed E-state index contributed by atoms with van der Waals surface area (Å²) in [7, 11) is -2.01. The molecule has 1 saturated heterocycles. The number of hydrogen-bond acceptors (Lipinski definition) is 3. The van der Waals surface area contributed by atoms with Crippen molar-refractivity contribution in [2.24, 2.45) is 5.92 Å². The molecule has 6 nitrogen and oxygen atoms in total. The molecule has 0 spiro atoms. The number of carboxylic acids is 1. The maximum absolute atomic E-state index is 13.5. The van der Waals surface area contributed by atoms with Gasteiger partial charge in [-0.1, -0.05) is 36.4 Å². The van der Waals surface area contributed by atoms with E-state index in [0.717, 1.165) is 11.6 Å². The average Bonchev–Trinajstić information content (AvgIpc) is 3.13. The Labute approximate surface area is 164 Å². The van der Waals surface area contributed by atoms with Crippen LogP contribution < -0.4 is 0 Å². The first-order valence-electron chi connectivity index (χ1n) is 9.04. The van der Waals surface area contributed by atoms with Gasteiger partial charge in [0.1, 0.15) is 5.82 Å². The summed E-state index contributed by atoms with van der Waals surface area (Å²) in [5.74, 6) is -2.01. The fraction of sp³-hybridized carbons (Fsp3) is 0.350. The Kier molecular flexibility index (Phi) is 6.12. The number of carbonyl (C=O) groups is 1. The van der Waals surface area contributed by atoms with E-state index in [4.69, 9.17) is 5.11 Å². The van der Waals surface area contributed by atoms with Gasteiger partial charge in [-0.15, -0.1) is 0 Å². The zero-order valence-electron chi connectivity index (χ0n) is 15.6. The Hall–Kier alpha value is -2.29. The number of halogens is 1. The van der Waals surface area contributed by atoms with Gasteiger partial charge in [0.15, 0.2) is 0 Å². The van der Waals surface area contributed by atoms with E-state index in [1.165, 1.54) is 14.7 Å². The fourth-order valence-corrected chi connectivity index (χ4v) is 4.93. The third-order valence-electron chi connectivity index (χ3n) is 5.00. The second-order valence-corrected chi connectivity index (χ2v) is 9.12. The van der Waals surface area contributed by atoms with Gasteiger partial charge in [0, 0.05) is 26.7 Å². The largest absolute Gasteiger partial charge is 0.478 e. The van der Waals surface area contributed by atoms with Gasteiger partial charge in [0.2, 0.25) is 0 Å². The van der Waals surface area contributed by atoms with Crippen molar-refractivity contribution >= 4 is 16.2 Å². The zero-order chi connectivity index (χ0) is 20.3. The van der Waals surface area contributed by atoms with Crippen LogP contribution in [0.4, 0.5) is 4.39 Å². The van der Waals surface area contributed by atoms with Crippen LogP contribution in [0.5, 0.6) is 0 Å². The second kappa shape index (κ2) is 8.38. The van der Waals surface area contributed by atoms with Gasteiger partial charge in [0.25, 0.3) is 10.2 Å². The van der Waals surface area contributed by atoms with E-state index in [1.54, 1.807) is 13.1 Å². The minimum atomic E-state index is -3.58. The molecule has 1 atom stereocenters. The highest BCUT2D eigenvalue weighted by molar-refractivity contribution is 7.86. The summed E-state index contributed by atoms with van der Waals surface area (Å²) in [6, 6.07) is 13.4. The fourth-order valence-electron chi connectivity index (χ4n) is 3.49. The molecule has 0 aromatic heterocycles. The summed E-state index contributed by atoms with van der Waals surface area (Å²) in [4.78, 5) is 11.1. The Morgan fingerprint density at radius 3 is 2.61 bits per heavy atom. The topological polar surface area (TPSA) is 77.9 Å². The van der Waals surface area contributed by atoms with Gasteiger partial charge < -0.3 is 5.11 Å². The molecule has 150 valence electrons. The minimum absolute atomic E-state index is 0.0620. The highest BCUT2D eigenvalue weighted by Crippen LogP contribution is 2.25. The first kappa shape index (κ1) is 20.4. The van der Waals surface area contributed by atoms with Crippen molar-refractivity contribution in [1.29, 1.82) is 0 Å². The predicted octanol–water partition coefficient (Wildman–Crippen LogP) is 2.77. The summed E-state index contributed by atoms with van der Waals surface area (Å²) in [6.07, 6.45) is 1.19. The highest BCUT2D eigenvalue weighted by Gasteiger charge is 2.34. The van der Waals surface area contributed by atoms with E-state index in [9.17, 15) is 17.6 Å². The smallest absolute Gasteiger partial charge is 0.338 e. The molecule has 0 bridgehead atoms. The van der Waals surface area contributed by atoms with Crippen molar-refractivity contribution < 1.29 is 22.7 Å². The van der Waals surface area contributed by atoms with Gasteiger partial charge in [0.05, 0.1) is 5.56 Å². The molecule has 1 unspecified atom stereocenters. The summed E-state index contributed by atoms with van der Waals surface area (Å²) < 4.78 is 42.0. The second-order valence-electron chi connectivity index (χ2n) is 7.09. The first-order valence-corrected chi connectivity index (χ1v) is 10.4. The van der Waals surface area contributed by atoms with Crippen LogP contribution in [0, 0.1) is 11.7 Å². The van der Waals surface area contributed by atoms with E-state index in [-0.39, 0.29) is 11.5 Å². The molecule has 0 saturated carbocycles. The first-order chi connectivity index (χ1) is 13.3. The van der Waals surface area contributed by atoms with E-state index in [0.29, 0.717) is 38.0 Å². The molecule has 0 radical (unpaired) electrons. The minimum Gasteiger partial charge on any atom is -0.478 e. The molecule has 2 aromatic rings.